The van der Waals surface area contributed by atoms with Gasteiger partial charge in [-0.05, 0) is 13.0 Å². The first kappa shape index (κ1) is 11.3. The fourth-order valence-corrected chi connectivity index (χ4v) is 2.00. The zero-order valence-electron chi connectivity index (χ0n) is 9.76. The van der Waals surface area contributed by atoms with E-state index in [2.05, 4.69) is 19.8 Å². The quantitative estimate of drug-likeness (QED) is 0.770. The molecule has 16 heavy (non-hydrogen) atoms. The van der Waals surface area contributed by atoms with Gasteiger partial charge in [0.2, 0.25) is 0 Å². The first-order valence-corrected chi connectivity index (χ1v) is 5.76. The van der Waals surface area contributed by atoms with Crippen LogP contribution in [-0.2, 0) is 0 Å². The molecule has 0 aromatic carbocycles. The van der Waals surface area contributed by atoms with Gasteiger partial charge < -0.3 is 10.6 Å². The topological polar surface area (TPSA) is 58.3 Å². The second-order valence-corrected chi connectivity index (χ2v) is 4.08. The lowest BCUT2D eigenvalue weighted by Crippen LogP contribution is -2.48. The minimum Gasteiger partial charge on any atom is -0.354 e. The molecule has 0 radical (unpaired) electrons. The first-order chi connectivity index (χ1) is 7.79. The molecule has 1 fully saturated rings. The van der Waals surface area contributed by atoms with Gasteiger partial charge in [-0.1, -0.05) is 0 Å². The third-order valence-corrected chi connectivity index (χ3v) is 2.90. The van der Waals surface area contributed by atoms with Crippen LogP contribution >= 0.6 is 0 Å². The van der Waals surface area contributed by atoms with E-state index in [9.17, 15) is 0 Å². The molecule has 2 heterocycles. The second-order valence-electron chi connectivity index (χ2n) is 4.08. The Balaban J connectivity index is 1.94. The average Bonchev–Trinajstić information content (AvgIpc) is 2.30. The Morgan fingerprint density at radius 3 is 2.69 bits per heavy atom. The fraction of sp³-hybridized carbons (Fsp3) is 0.636. The van der Waals surface area contributed by atoms with Gasteiger partial charge in [0, 0.05) is 45.5 Å². The van der Waals surface area contributed by atoms with E-state index in [1.54, 1.807) is 0 Å². The Morgan fingerprint density at radius 1 is 1.31 bits per heavy atom. The van der Waals surface area contributed by atoms with Crippen LogP contribution in [0, 0.1) is 6.92 Å². The molecule has 5 heteroatoms. The SMILES string of the molecule is Cc1nccc(N2CCN(CCN)CC2)n1. The van der Waals surface area contributed by atoms with Crippen molar-refractivity contribution in [2.24, 2.45) is 5.73 Å². The third-order valence-electron chi connectivity index (χ3n) is 2.90. The molecule has 0 spiro atoms. The second kappa shape index (κ2) is 5.23. The van der Waals surface area contributed by atoms with E-state index >= 15 is 0 Å². The number of aromatic nitrogens is 2. The lowest BCUT2D eigenvalue weighted by Gasteiger charge is -2.35. The van der Waals surface area contributed by atoms with Crippen molar-refractivity contribution < 1.29 is 0 Å². The van der Waals surface area contributed by atoms with E-state index in [1.165, 1.54) is 0 Å². The number of rotatable bonds is 3. The van der Waals surface area contributed by atoms with Crippen LogP contribution < -0.4 is 10.6 Å². The Hall–Kier alpha value is -1.20. The molecule has 2 N–H and O–H groups in total. The van der Waals surface area contributed by atoms with Gasteiger partial charge in [0.1, 0.15) is 11.6 Å². The maximum Gasteiger partial charge on any atom is 0.132 e. The van der Waals surface area contributed by atoms with E-state index in [-0.39, 0.29) is 0 Å². The molecule has 1 saturated heterocycles. The monoisotopic (exact) mass is 221 g/mol. The van der Waals surface area contributed by atoms with Crippen molar-refractivity contribution in [3.8, 4) is 0 Å². The molecular formula is C11H19N5. The van der Waals surface area contributed by atoms with Crippen LogP contribution in [0.25, 0.3) is 0 Å². The zero-order valence-corrected chi connectivity index (χ0v) is 9.76. The van der Waals surface area contributed by atoms with Gasteiger partial charge >= 0.3 is 0 Å². The van der Waals surface area contributed by atoms with Crippen LogP contribution in [0.5, 0.6) is 0 Å². The van der Waals surface area contributed by atoms with Crippen molar-refractivity contribution in [1.29, 1.82) is 0 Å². The summed E-state index contributed by atoms with van der Waals surface area (Å²) < 4.78 is 0. The van der Waals surface area contributed by atoms with Crippen LogP contribution in [0.4, 0.5) is 5.82 Å². The standard InChI is InChI=1S/C11H19N5/c1-10-13-4-2-11(14-10)16-8-6-15(5-3-12)7-9-16/h2,4H,3,5-9,12H2,1H3. The number of aryl methyl sites for hydroxylation is 1. The number of nitrogens with two attached hydrogens (primary N) is 1. The maximum absolute atomic E-state index is 5.55. The molecule has 1 aliphatic rings. The summed E-state index contributed by atoms with van der Waals surface area (Å²) in [6.07, 6.45) is 1.82. The fourth-order valence-electron chi connectivity index (χ4n) is 2.00. The highest BCUT2D eigenvalue weighted by Gasteiger charge is 2.17. The van der Waals surface area contributed by atoms with E-state index in [4.69, 9.17) is 5.73 Å². The molecule has 1 aromatic rings. The van der Waals surface area contributed by atoms with Crippen molar-refractivity contribution in [3.05, 3.63) is 18.1 Å². The summed E-state index contributed by atoms with van der Waals surface area (Å²) in [5.74, 6) is 1.88. The molecule has 1 aromatic heterocycles. The normalized spacial score (nSPS) is 17.8. The number of hydrogen-bond acceptors (Lipinski definition) is 5. The van der Waals surface area contributed by atoms with Gasteiger partial charge in [0.25, 0.3) is 0 Å². The molecule has 0 aliphatic carbocycles. The summed E-state index contributed by atoms with van der Waals surface area (Å²) in [5.41, 5.74) is 5.55. The van der Waals surface area contributed by atoms with Gasteiger partial charge in [0.15, 0.2) is 0 Å². The number of anilines is 1. The summed E-state index contributed by atoms with van der Waals surface area (Å²) >= 11 is 0. The lowest BCUT2D eigenvalue weighted by molar-refractivity contribution is 0.264. The summed E-state index contributed by atoms with van der Waals surface area (Å²) in [6.45, 7) is 7.85. The molecule has 0 unspecified atom stereocenters. The molecule has 0 amide bonds. The maximum atomic E-state index is 5.55. The van der Waals surface area contributed by atoms with Gasteiger partial charge in [-0.3, -0.25) is 4.90 Å². The van der Waals surface area contributed by atoms with Crippen LogP contribution in [0.3, 0.4) is 0 Å². The summed E-state index contributed by atoms with van der Waals surface area (Å²) in [7, 11) is 0. The Labute approximate surface area is 96.3 Å². The Morgan fingerprint density at radius 2 is 2.06 bits per heavy atom. The summed E-state index contributed by atoms with van der Waals surface area (Å²) in [5, 5.41) is 0. The lowest BCUT2D eigenvalue weighted by atomic mass is 10.3. The summed E-state index contributed by atoms with van der Waals surface area (Å²) in [6, 6.07) is 1.98. The predicted molar refractivity (Wildman–Crippen MR) is 64.5 cm³/mol. The van der Waals surface area contributed by atoms with Crippen molar-refractivity contribution in [2.45, 2.75) is 6.92 Å². The largest absolute Gasteiger partial charge is 0.354 e. The first-order valence-electron chi connectivity index (χ1n) is 5.76. The highest BCUT2D eigenvalue weighted by Crippen LogP contribution is 2.12. The Bertz CT molecular complexity index is 333. The highest BCUT2D eigenvalue weighted by atomic mass is 15.3. The van der Waals surface area contributed by atoms with Crippen molar-refractivity contribution >= 4 is 5.82 Å². The molecule has 5 nitrogen and oxygen atoms in total. The zero-order chi connectivity index (χ0) is 11.4. The summed E-state index contributed by atoms with van der Waals surface area (Å²) in [4.78, 5) is 13.3. The molecule has 2 rings (SSSR count). The smallest absolute Gasteiger partial charge is 0.132 e. The predicted octanol–water partition coefficient (Wildman–Crippen LogP) is -0.134. The van der Waals surface area contributed by atoms with Crippen molar-refractivity contribution in [1.82, 2.24) is 14.9 Å². The van der Waals surface area contributed by atoms with Gasteiger partial charge in [-0.25, -0.2) is 9.97 Å². The number of piperazine rings is 1. The number of hydrogen-bond donors (Lipinski definition) is 1. The molecular weight excluding hydrogens is 202 g/mol. The third kappa shape index (κ3) is 2.68. The van der Waals surface area contributed by atoms with Crippen LogP contribution in [0.1, 0.15) is 5.82 Å². The van der Waals surface area contributed by atoms with Crippen LogP contribution in [0.15, 0.2) is 12.3 Å². The highest BCUT2D eigenvalue weighted by molar-refractivity contribution is 5.37. The van der Waals surface area contributed by atoms with Crippen molar-refractivity contribution in [3.63, 3.8) is 0 Å². The average molecular weight is 221 g/mol. The van der Waals surface area contributed by atoms with E-state index in [0.717, 1.165) is 50.9 Å². The molecule has 88 valence electrons. The number of nitrogens with zero attached hydrogens (tertiary/aromatic N) is 4. The van der Waals surface area contributed by atoms with Crippen LogP contribution in [-0.4, -0.2) is 54.1 Å². The van der Waals surface area contributed by atoms with Crippen molar-refractivity contribution in [2.75, 3.05) is 44.2 Å². The van der Waals surface area contributed by atoms with E-state index in [1.807, 2.05) is 19.2 Å². The van der Waals surface area contributed by atoms with Gasteiger partial charge in [-0.2, -0.15) is 0 Å². The molecule has 0 atom stereocenters. The minimum atomic E-state index is 0.743. The minimum absolute atomic E-state index is 0.743. The van der Waals surface area contributed by atoms with Crippen LogP contribution in [0.2, 0.25) is 0 Å². The molecule has 1 aliphatic heterocycles. The molecule has 0 bridgehead atoms. The molecule has 0 saturated carbocycles. The Kier molecular flexibility index (Phi) is 3.69. The van der Waals surface area contributed by atoms with E-state index in [0.29, 0.717) is 0 Å². The van der Waals surface area contributed by atoms with E-state index < -0.39 is 0 Å². The van der Waals surface area contributed by atoms with Gasteiger partial charge in [0.05, 0.1) is 0 Å². The van der Waals surface area contributed by atoms with Gasteiger partial charge in [-0.15, -0.1) is 0 Å².